The zero-order valence-corrected chi connectivity index (χ0v) is 12.2. The number of nitrogens with one attached hydrogen (secondary N) is 2. The maximum absolute atomic E-state index is 12.2. The average Bonchev–Trinajstić information content (AvgIpc) is 2.54. The summed E-state index contributed by atoms with van der Waals surface area (Å²) in [6.45, 7) is 0. The highest BCUT2D eigenvalue weighted by molar-refractivity contribution is 5.83. The molecule has 1 heterocycles. The molecule has 2 aromatic carbocycles. The Balaban J connectivity index is 2.09. The molecule has 112 valence electrons. The Bertz CT molecular complexity index is 860. The van der Waals surface area contributed by atoms with Crippen LogP contribution in [0.4, 0.5) is 11.6 Å². The fourth-order valence-corrected chi connectivity index (χ4v) is 2.18. The van der Waals surface area contributed by atoms with E-state index in [1.807, 2.05) is 30.3 Å². The highest BCUT2D eigenvalue weighted by Gasteiger charge is 2.11. The Kier molecular flexibility index (Phi) is 3.65. The van der Waals surface area contributed by atoms with Crippen LogP contribution in [0.25, 0.3) is 10.9 Å². The topological polar surface area (TPSA) is 76.2 Å². The lowest BCUT2D eigenvalue weighted by Gasteiger charge is -2.10. The molecule has 6 nitrogen and oxygen atoms in total. The maximum Gasteiger partial charge on any atom is 0.260 e. The first-order valence-electron chi connectivity index (χ1n) is 6.69. The second kappa shape index (κ2) is 5.77. The number of fused-ring (bicyclic) bond motifs is 1. The Morgan fingerprint density at radius 3 is 2.41 bits per heavy atom. The van der Waals surface area contributed by atoms with Crippen LogP contribution >= 0.6 is 0 Å². The minimum atomic E-state index is -0.246. The van der Waals surface area contributed by atoms with Crippen molar-refractivity contribution in [1.29, 1.82) is 0 Å². The average molecular weight is 297 g/mol. The lowest BCUT2D eigenvalue weighted by molar-refractivity contribution is 0.355. The van der Waals surface area contributed by atoms with Crippen molar-refractivity contribution >= 4 is 22.5 Å². The standard InChI is InChI=1S/C16H15N3O3/c1-21-13-8-11-12(9-14(13)22-2)18-16(19-15(11)20)17-10-6-4-3-5-7-10/h3-9H,1-2H3,(H2,17,18,19,20). The second-order valence-corrected chi connectivity index (χ2v) is 4.63. The van der Waals surface area contributed by atoms with Crippen molar-refractivity contribution in [3.05, 3.63) is 52.8 Å². The minimum absolute atomic E-state index is 0.246. The van der Waals surface area contributed by atoms with Gasteiger partial charge in [-0.2, -0.15) is 0 Å². The highest BCUT2D eigenvalue weighted by Crippen LogP contribution is 2.30. The Morgan fingerprint density at radius 2 is 1.73 bits per heavy atom. The van der Waals surface area contributed by atoms with Gasteiger partial charge in [-0.25, -0.2) is 4.98 Å². The molecule has 0 unspecified atom stereocenters. The molecule has 0 amide bonds. The monoisotopic (exact) mass is 297 g/mol. The van der Waals surface area contributed by atoms with Gasteiger partial charge in [0, 0.05) is 11.8 Å². The zero-order chi connectivity index (χ0) is 15.5. The fourth-order valence-electron chi connectivity index (χ4n) is 2.18. The summed E-state index contributed by atoms with van der Waals surface area (Å²) in [5, 5.41) is 3.51. The number of H-pyrrole nitrogens is 1. The molecule has 0 aliphatic heterocycles. The molecule has 22 heavy (non-hydrogen) atoms. The molecule has 3 aromatic rings. The molecule has 0 fully saturated rings. The van der Waals surface area contributed by atoms with E-state index in [4.69, 9.17) is 9.47 Å². The number of anilines is 2. The van der Waals surface area contributed by atoms with Crippen molar-refractivity contribution in [3.63, 3.8) is 0 Å². The Morgan fingerprint density at radius 1 is 1.05 bits per heavy atom. The molecule has 0 saturated heterocycles. The summed E-state index contributed by atoms with van der Waals surface area (Å²) in [7, 11) is 3.07. The molecule has 0 bridgehead atoms. The first-order chi connectivity index (χ1) is 10.7. The Labute approximate surface area is 126 Å². The van der Waals surface area contributed by atoms with E-state index in [9.17, 15) is 4.79 Å². The van der Waals surface area contributed by atoms with E-state index in [2.05, 4.69) is 15.3 Å². The van der Waals surface area contributed by atoms with Gasteiger partial charge in [0.25, 0.3) is 5.56 Å². The third-order valence-electron chi connectivity index (χ3n) is 3.25. The fraction of sp³-hybridized carbons (Fsp3) is 0.125. The molecule has 0 aliphatic carbocycles. The third-order valence-corrected chi connectivity index (χ3v) is 3.25. The van der Waals surface area contributed by atoms with Crippen LogP contribution in [0.5, 0.6) is 11.5 Å². The van der Waals surface area contributed by atoms with Gasteiger partial charge in [0.2, 0.25) is 5.95 Å². The highest BCUT2D eigenvalue weighted by atomic mass is 16.5. The predicted octanol–water partition coefficient (Wildman–Crippen LogP) is 2.68. The van der Waals surface area contributed by atoms with Crippen molar-refractivity contribution in [2.75, 3.05) is 19.5 Å². The van der Waals surface area contributed by atoms with Crippen LogP contribution in [0.1, 0.15) is 0 Å². The number of para-hydroxylation sites is 1. The van der Waals surface area contributed by atoms with Crippen LogP contribution in [0.15, 0.2) is 47.3 Å². The zero-order valence-electron chi connectivity index (χ0n) is 12.2. The third kappa shape index (κ3) is 2.58. The first kappa shape index (κ1) is 13.9. The van der Waals surface area contributed by atoms with Gasteiger partial charge < -0.3 is 14.8 Å². The van der Waals surface area contributed by atoms with Crippen molar-refractivity contribution in [2.24, 2.45) is 0 Å². The molecule has 6 heteroatoms. The molecule has 0 atom stereocenters. The van der Waals surface area contributed by atoms with E-state index in [0.29, 0.717) is 28.4 Å². The van der Waals surface area contributed by atoms with Crippen molar-refractivity contribution in [3.8, 4) is 11.5 Å². The van der Waals surface area contributed by atoms with Crippen molar-refractivity contribution in [2.45, 2.75) is 0 Å². The second-order valence-electron chi connectivity index (χ2n) is 4.63. The van der Waals surface area contributed by atoms with Gasteiger partial charge >= 0.3 is 0 Å². The number of rotatable bonds is 4. The SMILES string of the molecule is COc1cc2nc(Nc3ccccc3)[nH]c(=O)c2cc1OC. The van der Waals surface area contributed by atoms with Crippen LogP contribution in [0, 0.1) is 0 Å². The largest absolute Gasteiger partial charge is 0.493 e. The number of hydrogen-bond acceptors (Lipinski definition) is 5. The van der Waals surface area contributed by atoms with Crippen LogP contribution < -0.4 is 20.3 Å². The number of ether oxygens (including phenoxy) is 2. The molecule has 0 radical (unpaired) electrons. The number of aromatic amines is 1. The van der Waals surface area contributed by atoms with Crippen molar-refractivity contribution in [1.82, 2.24) is 9.97 Å². The summed E-state index contributed by atoms with van der Waals surface area (Å²) < 4.78 is 10.4. The van der Waals surface area contributed by atoms with Gasteiger partial charge in [0.15, 0.2) is 11.5 Å². The quantitative estimate of drug-likeness (QED) is 0.774. The summed E-state index contributed by atoms with van der Waals surface area (Å²) >= 11 is 0. The minimum Gasteiger partial charge on any atom is -0.493 e. The number of nitrogens with zero attached hydrogens (tertiary/aromatic N) is 1. The van der Waals surface area contributed by atoms with Crippen molar-refractivity contribution < 1.29 is 9.47 Å². The van der Waals surface area contributed by atoms with E-state index < -0.39 is 0 Å². The van der Waals surface area contributed by atoms with E-state index in [-0.39, 0.29) is 5.56 Å². The summed E-state index contributed by atoms with van der Waals surface area (Å²) in [4.78, 5) is 19.4. The summed E-state index contributed by atoms with van der Waals surface area (Å²) in [6, 6.07) is 12.8. The molecule has 1 aromatic heterocycles. The summed E-state index contributed by atoms with van der Waals surface area (Å²) in [5.74, 6) is 1.39. The lowest BCUT2D eigenvalue weighted by Crippen LogP contribution is -2.11. The Hall–Kier alpha value is -3.02. The number of methoxy groups -OCH3 is 2. The van der Waals surface area contributed by atoms with Gasteiger partial charge in [0.05, 0.1) is 25.1 Å². The van der Waals surface area contributed by atoms with Crippen LogP contribution in [-0.4, -0.2) is 24.2 Å². The normalized spacial score (nSPS) is 10.5. The molecule has 0 aliphatic rings. The van der Waals surface area contributed by atoms with Crippen LogP contribution in [0.2, 0.25) is 0 Å². The molecule has 0 spiro atoms. The predicted molar refractivity (Wildman–Crippen MR) is 85.2 cm³/mol. The van der Waals surface area contributed by atoms with E-state index >= 15 is 0 Å². The number of hydrogen-bond donors (Lipinski definition) is 2. The molecular formula is C16H15N3O3. The molecule has 2 N–H and O–H groups in total. The number of benzene rings is 2. The van der Waals surface area contributed by atoms with Gasteiger partial charge in [-0.15, -0.1) is 0 Å². The van der Waals surface area contributed by atoms with E-state index in [1.54, 1.807) is 19.2 Å². The summed E-state index contributed by atoms with van der Waals surface area (Å²) in [5.41, 5.74) is 1.12. The van der Waals surface area contributed by atoms with E-state index in [0.717, 1.165) is 5.69 Å². The van der Waals surface area contributed by atoms with Gasteiger partial charge in [-0.3, -0.25) is 9.78 Å². The summed E-state index contributed by atoms with van der Waals surface area (Å²) in [6.07, 6.45) is 0. The van der Waals surface area contributed by atoms with Gasteiger partial charge in [0.1, 0.15) is 0 Å². The lowest BCUT2D eigenvalue weighted by atomic mass is 10.2. The van der Waals surface area contributed by atoms with Crippen LogP contribution in [-0.2, 0) is 0 Å². The smallest absolute Gasteiger partial charge is 0.260 e. The maximum atomic E-state index is 12.2. The van der Waals surface area contributed by atoms with Gasteiger partial charge in [-0.1, -0.05) is 18.2 Å². The number of aromatic nitrogens is 2. The molecular weight excluding hydrogens is 282 g/mol. The van der Waals surface area contributed by atoms with E-state index in [1.165, 1.54) is 7.11 Å². The van der Waals surface area contributed by atoms with Crippen LogP contribution in [0.3, 0.4) is 0 Å². The molecule has 0 saturated carbocycles. The van der Waals surface area contributed by atoms with Gasteiger partial charge in [-0.05, 0) is 18.2 Å². The first-order valence-corrected chi connectivity index (χ1v) is 6.69. The molecule has 3 rings (SSSR count).